The molecule has 0 saturated carbocycles. The maximum atomic E-state index is 12.8. The summed E-state index contributed by atoms with van der Waals surface area (Å²) in [4.78, 5) is 0. The molecule has 18 heavy (non-hydrogen) atoms. The normalized spacial score (nSPS) is 29.4. The van der Waals surface area contributed by atoms with E-state index in [2.05, 4.69) is 5.32 Å². The Morgan fingerprint density at radius 2 is 2.17 bits per heavy atom. The SMILES string of the molecule is CC(NCC1(O)CCOC1C)c1ccc(F)cc1. The molecule has 1 aromatic rings. The fraction of sp³-hybridized carbons (Fsp3) is 0.571. The molecule has 0 radical (unpaired) electrons. The van der Waals surface area contributed by atoms with Crippen molar-refractivity contribution in [1.29, 1.82) is 0 Å². The Bertz CT molecular complexity index is 395. The third-order valence-electron chi connectivity index (χ3n) is 3.74. The van der Waals surface area contributed by atoms with Gasteiger partial charge < -0.3 is 15.2 Å². The zero-order valence-corrected chi connectivity index (χ0v) is 10.8. The third kappa shape index (κ3) is 2.88. The highest BCUT2D eigenvalue weighted by atomic mass is 19.1. The van der Waals surface area contributed by atoms with Crippen molar-refractivity contribution in [2.45, 2.75) is 38.0 Å². The molecule has 0 aromatic heterocycles. The molecule has 1 aromatic carbocycles. The van der Waals surface area contributed by atoms with Crippen molar-refractivity contribution < 1.29 is 14.2 Å². The summed E-state index contributed by atoms with van der Waals surface area (Å²) in [6.45, 7) is 4.96. The van der Waals surface area contributed by atoms with Crippen LogP contribution in [0, 0.1) is 5.82 Å². The minimum Gasteiger partial charge on any atom is -0.386 e. The molecule has 1 fully saturated rings. The van der Waals surface area contributed by atoms with Crippen LogP contribution in [0.25, 0.3) is 0 Å². The van der Waals surface area contributed by atoms with Gasteiger partial charge >= 0.3 is 0 Å². The van der Waals surface area contributed by atoms with Crippen molar-refractivity contribution >= 4 is 0 Å². The number of rotatable bonds is 4. The van der Waals surface area contributed by atoms with Crippen LogP contribution >= 0.6 is 0 Å². The van der Waals surface area contributed by atoms with Crippen LogP contribution in [0.3, 0.4) is 0 Å². The molecule has 1 aliphatic rings. The average molecular weight is 253 g/mol. The third-order valence-corrected chi connectivity index (χ3v) is 3.74. The van der Waals surface area contributed by atoms with Gasteiger partial charge in [-0.25, -0.2) is 4.39 Å². The average Bonchev–Trinajstić information content (AvgIpc) is 2.68. The van der Waals surface area contributed by atoms with Gasteiger partial charge in [-0.15, -0.1) is 0 Å². The zero-order chi connectivity index (χ0) is 13.2. The molecule has 3 unspecified atom stereocenters. The molecule has 0 spiro atoms. The maximum absolute atomic E-state index is 12.8. The summed E-state index contributed by atoms with van der Waals surface area (Å²) in [6.07, 6.45) is 0.502. The second-order valence-electron chi connectivity index (χ2n) is 5.02. The van der Waals surface area contributed by atoms with Crippen LogP contribution in [0.4, 0.5) is 4.39 Å². The molecule has 3 nitrogen and oxygen atoms in total. The zero-order valence-electron chi connectivity index (χ0n) is 10.8. The van der Waals surface area contributed by atoms with Crippen LogP contribution in [0.5, 0.6) is 0 Å². The Balaban J connectivity index is 1.92. The summed E-state index contributed by atoms with van der Waals surface area (Å²) in [5.41, 5.74) is 0.209. The van der Waals surface area contributed by atoms with Crippen molar-refractivity contribution in [3.05, 3.63) is 35.6 Å². The van der Waals surface area contributed by atoms with Gasteiger partial charge in [0.25, 0.3) is 0 Å². The fourth-order valence-corrected chi connectivity index (χ4v) is 2.20. The lowest BCUT2D eigenvalue weighted by atomic mass is 9.96. The monoisotopic (exact) mass is 253 g/mol. The van der Waals surface area contributed by atoms with Crippen molar-refractivity contribution in [3.63, 3.8) is 0 Å². The van der Waals surface area contributed by atoms with Gasteiger partial charge in [0.15, 0.2) is 0 Å². The molecule has 0 amide bonds. The van der Waals surface area contributed by atoms with Crippen LogP contribution in [0.2, 0.25) is 0 Å². The standard InChI is InChI=1S/C14H20FNO2/c1-10(12-3-5-13(15)6-4-12)16-9-14(17)7-8-18-11(14)2/h3-6,10-11,16-17H,7-9H2,1-2H3. The Kier molecular flexibility index (Phi) is 4.00. The summed E-state index contributed by atoms with van der Waals surface area (Å²) in [5, 5.41) is 13.6. The number of nitrogens with one attached hydrogen (secondary N) is 1. The molecule has 1 heterocycles. The highest BCUT2D eigenvalue weighted by molar-refractivity contribution is 5.19. The summed E-state index contributed by atoms with van der Waals surface area (Å²) in [5.74, 6) is -0.234. The lowest BCUT2D eigenvalue weighted by Crippen LogP contribution is -2.46. The van der Waals surface area contributed by atoms with Gasteiger partial charge in [0.1, 0.15) is 11.4 Å². The van der Waals surface area contributed by atoms with Gasteiger partial charge in [0, 0.05) is 25.6 Å². The molecule has 0 bridgehead atoms. The summed E-state index contributed by atoms with van der Waals surface area (Å²) in [6, 6.07) is 6.48. The molecule has 0 aliphatic carbocycles. The lowest BCUT2D eigenvalue weighted by Gasteiger charge is -2.28. The molecular formula is C14H20FNO2. The highest BCUT2D eigenvalue weighted by Crippen LogP contribution is 2.25. The number of ether oxygens (including phenoxy) is 1. The van der Waals surface area contributed by atoms with E-state index in [9.17, 15) is 9.50 Å². The number of benzene rings is 1. The predicted octanol–water partition coefficient (Wildman–Crippen LogP) is 2.02. The van der Waals surface area contributed by atoms with E-state index in [0.29, 0.717) is 19.6 Å². The van der Waals surface area contributed by atoms with Crippen molar-refractivity contribution in [2.75, 3.05) is 13.2 Å². The molecule has 2 rings (SSSR count). The molecule has 2 N–H and O–H groups in total. The van der Waals surface area contributed by atoms with Gasteiger partial charge in [0.05, 0.1) is 6.10 Å². The first-order valence-electron chi connectivity index (χ1n) is 6.34. The summed E-state index contributed by atoms with van der Waals surface area (Å²) in [7, 11) is 0. The first kappa shape index (κ1) is 13.5. The van der Waals surface area contributed by atoms with Gasteiger partial charge in [-0.3, -0.25) is 0 Å². The Morgan fingerprint density at radius 1 is 1.50 bits per heavy atom. The molecular weight excluding hydrogens is 233 g/mol. The van der Waals surface area contributed by atoms with E-state index < -0.39 is 5.60 Å². The quantitative estimate of drug-likeness (QED) is 0.862. The molecule has 1 saturated heterocycles. The van der Waals surface area contributed by atoms with Gasteiger partial charge in [-0.05, 0) is 31.5 Å². The van der Waals surface area contributed by atoms with Gasteiger partial charge in [0.2, 0.25) is 0 Å². The summed E-state index contributed by atoms with van der Waals surface area (Å²) < 4.78 is 18.2. The van der Waals surface area contributed by atoms with Crippen molar-refractivity contribution in [2.24, 2.45) is 0 Å². The van der Waals surface area contributed by atoms with E-state index in [1.54, 1.807) is 12.1 Å². The number of aliphatic hydroxyl groups is 1. The molecule has 100 valence electrons. The van der Waals surface area contributed by atoms with E-state index in [0.717, 1.165) is 5.56 Å². The number of halogens is 1. The van der Waals surface area contributed by atoms with Gasteiger partial charge in [-0.1, -0.05) is 12.1 Å². The van der Waals surface area contributed by atoms with E-state index in [-0.39, 0.29) is 18.0 Å². The summed E-state index contributed by atoms with van der Waals surface area (Å²) >= 11 is 0. The Hall–Kier alpha value is -0.970. The highest BCUT2D eigenvalue weighted by Gasteiger charge is 2.39. The topological polar surface area (TPSA) is 41.5 Å². The van der Waals surface area contributed by atoms with E-state index >= 15 is 0 Å². The van der Waals surface area contributed by atoms with E-state index in [1.807, 2.05) is 13.8 Å². The first-order chi connectivity index (χ1) is 8.51. The predicted molar refractivity (Wildman–Crippen MR) is 67.8 cm³/mol. The van der Waals surface area contributed by atoms with Crippen LogP contribution in [0.1, 0.15) is 31.9 Å². The molecule has 3 atom stereocenters. The van der Waals surface area contributed by atoms with Crippen LogP contribution < -0.4 is 5.32 Å². The minimum absolute atomic E-state index is 0.0717. The Labute approximate surface area is 107 Å². The largest absolute Gasteiger partial charge is 0.386 e. The van der Waals surface area contributed by atoms with Crippen LogP contribution in [-0.2, 0) is 4.74 Å². The van der Waals surface area contributed by atoms with E-state index in [4.69, 9.17) is 4.74 Å². The second kappa shape index (κ2) is 5.34. The van der Waals surface area contributed by atoms with Gasteiger partial charge in [-0.2, -0.15) is 0 Å². The van der Waals surface area contributed by atoms with Crippen molar-refractivity contribution in [1.82, 2.24) is 5.32 Å². The number of hydrogen-bond acceptors (Lipinski definition) is 3. The fourth-order valence-electron chi connectivity index (χ4n) is 2.20. The Morgan fingerprint density at radius 3 is 2.72 bits per heavy atom. The second-order valence-corrected chi connectivity index (χ2v) is 5.02. The first-order valence-corrected chi connectivity index (χ1v) is 6.34. The minimum atomic E-state index is -0.797. The van der Waals surface area contributed by atoms with Crippen LogP contribution in [-0.4, -0.2) is 30.0 Å². The van der Waals surface area contributed by atoms with Crippen molar-refractivity contribution in [3.8, 4) is 0 Å². The maximum Gasteiger partial charge on any atom is 0.123 e. The van der Waals surface area contributed by atoms with E-state index in [1.165, 1.54) is 12.1 Å². The molecule has 4 heteroatoms. The lowest BCUT2D eigenvalue weighted by molar-refractivity contribution is -0.0274. The molecule has 1 aliphatic heterocycles. The van der Waals surface area contributed by atoms with Crippen LogP contribution in [0.15, 0.2) is 24.3 Å². The number of hydrogen-bond donors (Lipinski definition) is 2. The smallest absolute Gasteiger partial charge is 0.123 e.